The van der Waals surface area contributed by atoms with Gasteiger partial charge in [0.05, 0.1) is 23.5 Å². The molecule has 3 aromatic rings. The van der Waals surface area contributed by atoms with Crippen LogP contribution in [0.1, 0.15) is 45.1 Å². The summed E-state index contributed by atoms with van der Waals surface area (Å²) in [6, 6.07) is 12.4. The summed E-state index contributed by atoms with van der Waals surface area (Å²) in [4.78, 5) is 15.4. The lowest BCUT2D eigenvalue weighted by atomic mass is 9.82. The number of rotatable bonds is 6. The molecule has 32 heavy (non-hydrogen) atoms. The van der Waals surface area contributed by atoms with E-state index in [2.05, 4.69) is 28.6 Å². The van der Waals surface area contributed by atoms with Gasteiger partial charge in [0.15, 0.2) is 5.82 Å². The third-order valence-electron chi connectivity index (χ3n) is 6.86. The van der Waals surface area contributed by atoms with Crippen LogP contribution in [-0.2, 0) is 0 Å². The summed E-state index contributed by atoms with van der Waals surface area (Å²) in [5, 5.41) is 22.9. The fraction of sp³-hybridized carbons (Fsp3) is 0.458. The highest BCUT2D eigenvalue weighted by Crippen LogP contribution is 2.38. The van der Waals surface area contributed by atoms with Crippen molar-refractivity contribution in [2.45, 2.75) is 57.2 Å². The zero-order chi connectivity index (χ0) is 22.2. The molecule has 2 saturated carbocycles. The van der Waals surface area contributed by atoms with Gasteiger partial charge in [-0.3, -0.25) is 9.48 Å². The van der Waals surface area contributed by atoms with Gasteiger partial charge in [-0.2, -0.15) is 10.4 Å². The Morgan fingerprint density at radius 3 is 2.72 bits per heavy atom. The van der Waals surface area contributed by atoms with Crippen LogP contribution >= 0.6 is 11.6 Å². The molecule has 0 saturated heterocycles. The number of H-pyrrole nitrogens is 1. The zero-order valence-corrected chi connectivity index (χ0v) is 18.8. The predicted octanol–water partition coefficient (Wildman–Crippen LogP) is 4.74. The molecule has 3 N–H and O–H groups in total. The van der Waals surface area contributed by atoms with Gasteiger partial charge in [0.2, 0.25) is 0 Å². The molecule has 2 heterocycles. The van der Waals surface area contributed by atoms with Crippen molar-refractivity contribution in [2.24, 2.45) is 11.8 Å². The number of anilines is 2. The van der Waals surface area contributed by atoms with Crippen molar-refractivity contribution in [3.05, 3.63) is 51.9 Å². The number of pyridine rings is 1. The first-order valence-corrected chi connectivity index (χ1v) is 11.7. The predicted molar refractivity (Wildman–Crippen MR) is 126 cm³/mol. The van der Waals surface area contributed by atoms with Crippen LogP contribution in [0.3, 0.4) is 0 Å². The van der Waals surface area contributed by atoms with E-state index in [1.165, 1.54) is 12.8 Å². The number of nitrogens with one attached hydrogen (secondary N) is 3. The maximum absolute atomic E-state index is 12.7. The first-order valence-electron chi connectivity index (χ1n) is 11.3. The molecular formula is C24H27ClN6O. The second-order valence-electron chi connectivity index (χ2n) is 9.10. The largest absolute Gasteiger partial charge is 0.338 e. The molecule has 166 valence electrons. The average Bonchev–Trinajstić information content (AvgIpc) is 3.58. The van der Waals surface area contributed by atoms with Crippen LogP contribution < -0.4 is 16.2 Å². The smallest absolute Gasteiger partial charge is 0.261 e. The summed E-state index contributed by atoms with van der Waals surface area (Å²) >= 11 is 6.00. The Balaban J connectivity index is 1.44. The summed E-state index contributed by atoms with van der Waals surface area (Å²) in [6.07, 6.45) is 6.88. The molecule has 1 aromatic carbocycles. The van der Waals surface area contributed by atoms with Crippen molar-refractivity contribution >= 4 is 34.0 Å². The maximum atomic E-state index is 12.7. The minimum Gasteiger partial charge on any atom is -0.338 e. The van der Waals surface area contributed by atoms with Gasteiger partial charge in [-0.15, -0.1) is 0 Å². The second kappa shape index (κ2) is 8.61. The summed E-state index contributed by atoms with van der Waals surface area (Å²) in [5.41, 5.74) is 1.34. The van der Waals surface area contributed by atoms with Crippen LogP contribution in [0, 0.1) is 23.2 Å². The Bertz CT molecular complexity index is 1210. The lowest BCUT2D eigenvalue weighted by Crippen LogP contribution is -2.43. The number of hydrogen-bond donors (Lipinski definition) is 3. The Morgan fingerprint density at radius 2 is 2.00 bits per heavy atom. The molecule has 2 aromatic heterocycles. The lowest BCUT2D eigenvalue weighted by Gasteiger charge is -2.35. The van der Waals surface area contributed by atoms with E-state index in [0.717, 1.165) is 36.4 Å². The Labute approximate surface area is 191 Å². The van der Waals surface area contributed by atoms with Crippen LogP contribution in [0.4, 0.5) is 11.5 Å². The molecule has 2 aliphatic rings. The van der Waals surface area contributed by atoms with Gasteiger partial charge in [0.1, 0.15) is 5.39 Å². The number of aromatic nitrogens is 3. The van der Waals surface area contributed by atoms with Gasteiger partial charge in [0.25, 0.3) is 5.56 Å². The number of hydrogen-bond acceptors (Lipinski definition) is 5. The summed E-state index contributed by atoms with van der Waals surface area (Å²) in [7, 11) is 0. The number of nitriles is 1. The molecule has 0 amide bonds. The van der Waals surface area contributed by atoms with E-state index in [4.69, 9.17) is 16.7 Å². The Kier molecular flexibility index (Phi) is 5.66. The van der Waals surface area contributed by atoms with Gasteiger partial charge in [-0.25, -0.2) is 0 Å². The number of fused-ring (bicyclic) bond motifs is 1. The van der Waals surface area contributed by atoms with Gasteiger partial charge in [-0.05, 0) is 75.3 Å². The molecule has 7 nitrogen and oxygen atoms in total. The average molecular weight is 451 g/mol. The number of benzene rings is 1. The first kappa shape index (κ1) is 21.0. The summed E-state index contributed by atoms with van der Waals surface area (Å²) in [6.45, 7) is 2.26. The summed E-state index contributed by atoms with van der Waals surface area (Å²) in [5.74, 6) is 1.11. The van der Waals surface area contributed by atoms with E-state index in [0.29, 0.717) is 28.3 Å². The van der Waals surface area contributed by atoms with E-state index >= 15 is 0 Å². The molecule has 0 radical (unpaired) electrons. The van der Waals surface area contributed by atoms with Crippen molar-refractivity contribution in [2.75, 3.05) is 5.32 Å². The maximum Gasteiger partial charge on any atom is 0.261 e. The van der Waals surface area contributed by atoms with E-state index in [9.17, 15) is 10.1 Å². The van der Waals surface area contributed by atoms with Crippen molar-refractivity contribution in [3.63, 3.8) is 0 Å². The fourth-order valence-corrected chi connectivity index (χ4v) is 5.08. The van der Waals surface area contributed by atoms with Gasteiger partial charge < -0.3 is 15.6 Å². The Morgan fingerprint density at radius 1 is 1.22 bits per heavy atom. The molecule has 5 rings (SSSR count). The van der Waals surface area contributed by atoms with Crippen LogP contribution in [-0.4, -0.2) is 26.8 Å². The highest BCUT2D eigenvalue weighted by molar-refractivity contribution is 6.30. The highest BCUT2D eigenvalue weighted by atomic mass is 35.5. The van der Waals surface area contributed by atoms with Gasteiger partial charge in [-0.1, -0.05) is 11.6 Å². The molecule has 0 aliphatic heterocycles. The van der Waals surface area contributed by atoms with Crippen LogP contribution in [0.15, 0.2) is 41.3 Å². The summed E-state index contributed by atoms with van der Waals surface area (Å²) < 4.78 is 1.89. The van der Waals surface area contributed by atoms with Crippen LogP contribution in [0.5, 0.6) is 0 Å². The lowest BCUT2D eigenvalue weighted by molar-refractivity contribution is 0.219. The third-order valence-corrected chi connectivity index (χ3v) is 7.11. The minimum atomic E-state index is -0.202. The van der Waals surface area contributed by atoms with Crippen molar-refractivity contribution in [1.82, 2.24) is 20.1 Å². The van der Waals surface area contributed by atoms with E-state index in [1.54, 1.807) is 18.3 Å². The van der Waals surface area contributed by atoms with Gasteiger partial charge >= 0.3 is 0 Å². The first-order chi connectivity index (χ1) is 15.5. The second-order valence-corrected chi connectivity index (χ2v) is 9.53. The zero-order valence-electron chi connectivity index (χ0n) is 18.0. The van der Waals surface area contributed by atoms with E-state index in [-0.39, 0.29) is 17.5 Å². The molecule has 8 heteroatoms. The van der Waals surface area contributed by atoms with E-state index in [1.807, 2.05) is 22.9 Å². The molecule has 4 atom stereocenters. The monoisotopic (exact) mass is 450 g/mol. The van der Waals surface area contributed by atoms with Crippen LogP contribution in [0.25, 0.3) is 10.9 Å². The minimum absolute atomic E-state index is 0.0700. The number of aromatic amines is 1. The van der Waals surface area contributed by atoms with Crippen molar-refractivity contribution < 1.29 is 0 Å². The fourth-order valence-electron chi connectivity index (χ4n) is 4.95. The quantitative estimate of drug-likeness (QED) is 0.503. The highest BCUT2D eigenvalue weighted by Gasteiger charge is 2.36. The topological polar surface area (TPSA) is 98.5 Å². The standard InChI is InChI=1S/C24H27ClN6O/c1-14(15-2-3-15)28-19-8-9-20(16(12-19)13-26)31-21-10-11-27-24(32)22(21)23(30-31)29-18-6-4-17(25)5-7-18/h4-7,10-11,14-16,19-20,28H,2-3,8-9,12H2,1H3,(H,27,32)(H,29,30)/t14?,16?,19-,20+/m0/s1. The van der Waals surface area contributed by atoms with Crippen LogP contribution in [0.2, 0.25) is 5.02 Å². The molecule has 0 bridgehead atoms. The third kappa shape index (κ3) is 4.13. The SMILES string of the molecule is CC(N[C@H]1CC[C@@H](n2nc(Nc3ccc(Cl)cc3)c3c(=O)[nH]ccc32)C(C#N)C1)C1CC1. The molecule has 2 fully saturated rings. The Hall–Kier alpha value is -2.82. The molecular weight excluding hydrogens is 424 g/mol. The van der Waals surface area contributed by atoms with Gasteiger partial charge in [0, 0.05) is 29.0 Å². The van der Waals surface area contributed by atoms with Crippen molar-refractivity contribution in [1.29, 1.82) is 5.26 Å². The number of nitrogens with zero attached hydrogens (tertiary/aromatic N) is 3. The normalized spacial score (nSPS) is 24.2. The number of halogens is 1. The van der Waals surface area contributed by atoms with Crippen molar-refractivity contribution in [3.8, 4) is 6.07 Å². The molecule has 2 aliphatic carbocycles. The molecule has 2 unspecified atom stereocenters. The van der Waals surface area contributed by atoms with E-state index < -0.39 is 0 Å². The molecule has 0 spiro atoms.